The predicted molar refractivity (Wildman–Crippen MR) is 87.3 cm³/mol. The minimum absolute atomic E-state index is 0.167. The van der Waals surface area contributed by atoms with Gasteiger partial charge in [0.1, 0.15) is 0 Å². The van der Waals surface area contributed by atoms with Crippen molar-refractivity contribution < 1.29 is 9.90 Å². The van der Waals surface area contributed by atoms with Crippen LogP contribution < -0.4 is 0 Å². The lowest BCUT2D eigenvalue weighted by molar-refractivity contribution is -0.123. The smallest absolute Gasteiger partial charge is 0.155 e. The number of fused-ring (bicyclic) bond motifs is 5. The molecule has 0 aromatic heterocycles. The zero-order valence-corrected chi connectivity index (χ0v) is 14.1. The fourth-order valence-electron chi connectivity index (χ4n) is 7.06. The van der Waals surface area contributed by atoms with Gasteiger partial charge in [-0.2, -0.15) is 0 Å². The molecule has 0 unspecified atom stereocenters. The van der Waals surface area contributed by atoms with Crippen molar-refractivity contribution in [3.05, 3.63) is 11.6 Å². The first kappa shape index (κ1) is 14.9. The number of rotatable bonds is 1. The summed E-state index contributed by atoms with van der Waals surface area (Å²) in [5.41, 5.74) is 1.17. The lowest BCUT2D eigenvalue weighted by atomic mass is 9.49. The maximum atomic E-state index is 11.7. The van der Waals surface area contributed by atoms with Crippen molar-refractivity contribution in [1.82, 2.24) is 0 Å². The molecule has 0 aromatic carbocycles. The summed E-state index contributed by atoms with van der Waals surface area (Å²) in [5.74, 6) is 3.32. The SMILES string of the molecule is CC[C@]12CC[C@H]3[C@@H](CCC4=CC(=O)CC[C@@H]43)[C@@H]1CC[C@]2(C)O. The molecule has 1 N–H and O–H groups in total. The molecule has 3 saturated carbocycles. The third-order valence-corrected chi connectivity index (χ3v) is 8.15. The number of aliphatic hydroxyl groups is 1. The van der Waals surface area contributed by atoms with Crippen molar-refractivity contribution in [3.63, 3.8) is 0 Å². The lowest BCUT2D eigenvalue weighted by Gasteiger charge is -2.56. The van der Waals surface area contributed by atoms with Gasteiger partial charge in [-0.25, -0.2) is 0 Å². The number of carbonyl (C=O) groups excluding carboxylic acids is 1. The summed E-state index contributed by atoms with van der Waals surface area (Å²) in [4.78, 5) is 11.7. The van der Waals surface area contributed by atoms with Crippen LogP contribution in [-0.2, 0) is 4.79 Å². The molecule has 4 aliphatic carbocycles. The molecule has 3 fully saturated rings. The summed E-state index contributed by atoms with van der Waals surface area (Å²) in [6.07, 6.45) is 12.0. The van der Waals surface area contributed by atoms with Crippen LogP contribution in [0.5, 0.6) is 0 Å². The van der Waals surface area contributed by atoms with Gasteiger partial charge in [-0.05, 0) is 88.0 Å². The van der Waals surface area contributed by atoms with Gasteiger partial charge in [-0.15, -0.1) is 0 Å². The van der Waals surface area contributed by atoms with E-state index in [2.05, 4.69) is 13.8 Å². The van der Waals surface area contributed by atoms with Crippen molar-refractivity contribution >= 4 is 5.78 Å². The highest BCUT2D eigenvalue weighted by atomic mass is 16.3. The van der Waals surface area contributed by atoms with Gasteiger partial charge in [-0.3, -0.25) is 4.79 Å². The fraction of sp³-hybridized carbons (Fsp3) is 0.850. The van der Waals surface area contributed by atoms with Crippen LogP contribution >= 0.6 is 0 Å². The molecule has 0 bridgehead atoms. The van der Waals surface area contributed by atoms with Crippen molar-refractivity contribution in [2.24, 2.45) is 29.1 Å². The number of allylic oxidation sites excluding steroid dienone is 1. The Morgan fingerprint density at radius 1 is 1.14 bits per heavy atom. The molecular formula is C20H30O2. The molecule has 0 saturated heterocycles. The number of hydrogen-bond acceptors (Lipinski definition) is 2. The first-order valence-electron chi connectivity index (χ1n) is 9.44. The topological polar surface area (TPSA) is 37.3 Å². The molecule has 4 rings (SSSR count). The minimum Gasteiger partial charge on any atom is -0.390 e. The standard InChI is InChI=1S/C20H30O2/c1-3-20-11-8-16-15-7-5-14(21)12-13(15)4-6-17(16)18(20)9-10-19(20,2)22/h12,15-18,22H,3-11H2,1-2H3/t15-,16+,17+,18-,19-,20-/m0/s1. The van der Waals surface area contributed by atoms with E-state index >= 15 is 0 Å². The first-order chi connectivity index (χ1) is 10.5. The van der Waals surface area contributed by atoms with Gasteiger partial charge >= 0.3 is 0 Å². The van der Waals surface area contributed by atoms with E-state index in [0.717, 1.165) is 43.9 Å². The largest absolute Gasteiger partial charge is 0.390 e. The Labute approximate surface area is 134 Å². The third kappa shape index (κ3) is 1.85. The average molecular weight is 302 g/mol. The highest BCUT2D eigenvalue weighted by Gasteiger charge is 2.61. The third-order valence-electron chi connectivity index (χ3n) is 8.15. The molecule has 2 nitrogen and oxygen atoms in total. The van der Waals surface area contributed by atoms with Crippen LogP contribution in [0, 0.1) is 29.1 Å². The van der Waals surface area contributed by atoms with Crippen LogP contribution in [0.25, 0.3) is 0 Å². The number of carbonyl (C=O) groups is 1. The maximum Gasteiger partial charge on any atom is 0.155 e. The highest BCUT2D eigenvalue weighted by molar-refractivity contribution is 5.91. The van der Waals surface area contributed by atoms with E-state index in [1.807, 2.05) is 6.08 Å². The van der Waals surface area contributed by atoms with Gasteiger partial charge in [0.2, 0.25) is 0 Å². The Morgan fingerprint density at radius 3 is 2.73 bits per heavy atom. The molecule has 0 aromatic rings. The Balaban J connectivity index is 1.66. The Hall–Kier alpha value is -0.630. The Morgan fingerprint density at radius 2 is 1.95 bits per heavy atom. The van der Waals surface area contributed by atoms with Crippen molar-refractivity contribution in [2.45, 2.75) is 77.2 Å². The van der Waals surface area contributed by atoms with Crippen molar-refractivity contribution in [1.29, 1.82) is 0 Å². The maximum absolute atomic E-state index is 11.7. The Bertz CT molecular complexity index is 518. The van der Waals surface area contributed by atoms with Gasteiger partial charge in [0.25, 0.3) is 0 Å². The summed E-state index contributed by atoms with van der Waals surface area (Å²) in [7, 11) is 0. The second-order valence-corrected chi connectivity index (χ2v) is 8.66. The lowest BCUT2D eigenvalue weighted by Crippen LogP contribution is -2.52. The molecule has 0 radical (unpaired) electrons. The van der Waals surface area contributed by atoms with Gasteiger partial charge in [0.15, 0.2) is 5.78 Å². The van der Waals surface area contributed by atoms with Crippen molar-refractivity contribution in [3.8, 4) is 0 Å². The first-order valence-corrected chi connectivity index (χ1v) is 9.44. The van der Waals surface area contributed by atoms with Crippen LogP contribution in [0.4, 0.5) is 0 Å². The van der Waals surface area contributed by atoms with E-state index < -0.39 is 5.60 Å². The molecule has 4 aliphatic rings. The molecule has 0 amide bonds. The molecule has 0 spiro atoms. The zero-order chi connectivity index (χ0) is 15.5. The van der Waals surface area contributed by atoms with E-state index in [4.69, 9.17) is 0 Å². The normalized spacial score (nSPS) is 50.9. The molecular weight excluding hydrogens is 272 g/mol. The molecule has 22 heavy (non-hydrogen) atoms. The highest BCUT2D eigenvalue weighted by Crippen LogP contribution is 2.66. The summed E-state index contributed by atoms with van der Waals surface area (Å²) in [5, 5.41) is 11.0. The van der Waals surface area contributed by atoms with E-state index in [1.165, 1.54) is 31.3 Å². The van der Waals surface area contributed by atoms with Crippen LogP contribution in [0.1, 0.15) is 71.6 Å². The second kappa shape index (κ2) is 4.93. The van der Waals surface area contributed by atoms with Gasteiger partial charge < -0.3 is 5.11 Å². The van der Waals surface area contributed by atoms with Gasteiger partial charge in [0.05, 0.1) is 5.60 Å². The van der Waals surface area contributed by atoms with Crippen LogP contribution in [0.15, 0.2) is 11.6 Å². The van der Waals surface area contributed by atoms with Gasteiger partial charge in [0, 0.05) is 11.8 Å². The molecule has 0 aliphatic heterocycles. The summed E-state index contributed by atoms with van der Waals surface area (Å²) in [6, 6.07) is 0. The summed E-state index contributed by atoms with van der Waals surface area (Å²) >= 11 is 0. The molecule has 0 heterocycles. The average Bonchev–Trinajstić information content (AvgIpc) is 2.78. The van der Waals surface area contributed by atoms with Crippen LogP contribution in [-0.4, -0.2) is 16.5 Å². The molecule has 122 valence electrons. The van der Waals surface area contributed by atoms with Gasteiger partial charge in [-0.1, -0.05) is 12.5 Å². The van der Waals surface area contributed by atoms with E-state index in [0.29, 0.717) is 17.6 Å². The van der Waals surface area contributed by atoms with Crippen molar-refractivity contribution in [2.75, 3.05) is 0 Å². The summed E-state index contributed by atoms with van der Waals surface area (Å²) in [6.45, 7) is 4.39. The van der Waals surface area contributed by atoms with E-state index in [1.54, 1.807) is 0 Å². The monoisotopic (exact) mass is 302 g/mol. The Kier molecular flexibility index (Phi) is 3.35. The predicted octanol–water partition coefficient (Wildman–Crippen LogP) is 4.27. The number of hydrogen-bond donors (Lipinski definition) is 1. The van der Waals surface area contributed by atoms with E-state index in [-0.39, 0.29) is 5.41 Å². The quantitative estimate of drug-likeness (QED) is 0.785. The van der Waals surface area contributed by atoms with Crippen LogP contribution in [0.2, 0.25) is 0 Å². The second-order valence-electron chi connectivity index (χ2n) is 8.66. The van der Waals surface area contributed by atoms with Crippen LogP contribution in [0.3, 0.4) is 0 Å². The number of ketones is 1. The zero-order valence-electron chi connectivity index (χ0n) is 14.1. The molecule has 2 heteroatoms. The summed E-state index contributed by atoms with van der Waals surface area (Å²) < 4.78 is 0. The minimum atomic E-state index is -0.462. The van der Waals surface area contributed by atoms with E-state index in [9.17, 15) is 9.90 Å². The fourth-order valence-corrected chi connectivity index (χ4v) is 7.06. The molecule has 6 atom stereocenters.